The van der Waals surface area contributed by atoms with Crippen LogP contribution in [-0.2, 0) is 0 Å². The Morgan fingerprint density at radius 3 is 2.89 bits per heavy atom. The lowest BCUT2D eigenvalue weighted by molar-refractivity contribution is 0.237. The minimum Gasteiger partial charge on any atom is -0.491 e. The van der Waals surface area contributed by atoms with E-state index >= 15 is 0 Å². The Morgan fingerprint density at radius 1 is 1.16 bits per heavy atom. The van der Waals surface area contributed by atoms with Crippen LogP contribution >= 0.6 is 12.6 Å². The molecule has 38 heavy (non-hydrogen) atoms. The highest BCUT2D eigenvalue weighted by Crippen LogP contribution is 2.31. The van der Waals surface area contributed by atoms with Crippen LogP contribution in [0.1, 0.15) is 25.3 Å². The molecule has 5 aromatic rings. The second-order valence-electron chi connectivity index (χ2n) is 9.22. The van der Waals surface area contributed by atoms with E-state index in [2.05, 4.69) is 47.7 Å². The van der Waals surface area contributed by atoms with E-state index in [1.165, 1.54) is 12.8 Å². The molecule has 1 aliphatic heterocycles. The molecule has 10 heteroatoms. The predicted octanol–water partition coefficient (Wildman–Crippen LogP) is 5.28. The zero-order valence-electron chi connectivity index (χ0n) is 21.1. The van der Waals surface area contributed by atoms with Crippen molar-refractivity contribution >= 4 is 40.3 Å². The first-order valence-electron chi connectivity index (χ1n) is 12.7. The van der Waals surface area contributed by atoms with E-state index in [0.29, 0.717) is 23.8 Å². The van der Waals surface area contributed by atoms with Gasteiger partial charge in [0, 0.05) is 35.5 Å². The molecule has 0 saturated carbocycles. The van der Waals surface area contributed by atoms with Gasteiger partial charge in [-0.3, -0.25) is 20.0 Å². The molecule has 1 fully saturated rings. The van der Waals surface area contributed by atoms with Gasteiger partial charge in [0.05, 0.1) is 29.1 Å². The lowest BCUT2D eigenvalue weighted by Crippen LogP contribution is -2.25. The highest BCUT2D eigenvalue weighted by molar-refractivity contribution is 7.83. The van der Waals surface area contributed by atoms with Crippen molar-refractivity contribution in [2.24, 2.45) is 0 Å². The molecule has 0 spiro atoms. The molecule has 192 valence electrons. The van der Waals surface area contributed by atoms with E-state index in [0.717, 1.165) is 64.2 Å². The Hall–Kier alpha value is -4.02. The normalized spacial score (nSPS) is 14.8. The summed E-state index contributed by atoms with van der Waals surface area (Å²) in [6.45, 7) is 5.86. The smallest absolute Gasteiger partial charge is 0.178 e. The fourth-order valence-electron chi connectivity index (χ4n) is 4.84. The van der Waals surface area contributed by atoms with Crippen molar-refractivity contribution < 1.29 is 4.74 Å². The Morgan fingerprint density at radius 2 is 2.05 bits per heavy atom. The molecule has 5 aromatic heterocycles. The number of likely N-dealkylation sites (tertiary alicyclic amines) is 1. The number of hydrogen-bond acceptors (Lipinski definition) is 8. The van der Waals surface area contributed by atoms with Gasteiger partial charge in [-0.1, -0.05) is 12.2 Å². The lowest BCUT2D eigenvalue weighted by atomic mass is 10.1. The van der Waals surface area contributed by atoms with Crippen LogP contribution in [0.4, 0.5) is 0 Å². The minimum atomic E-state index is 0.614. The van der Waals surface area contributed by atoms with E-state index in [-0.39, 0.29) is 0 Å². The molecule has 0 aromatic carbocycles. The fourth-order valence-corrected chi connectivity index (χ4v) is 5.06. The largest absolute Gasteiger partial charge is 0.491 e. The van der Waals surface area contributed by atoms with Crippen LogP contribution in [0.3, 0.4) is 0 Å². The van der Waals surface area contributed by atoms with Gasteiger partial charge in [-0.2, -0.15) is 17.7 Å². The lowest BCUT2D eigenvalue weighted by Gasteiger charge is -2.15. The van der Waals surface area contributed by atoms with Crippen LogP contribution in [0, 0.1) is 0 Å². The van der Waals surface area contributed by atoms with Gasteiger partial charge in [-0.15, -0.1) is 0 Å². The number of allylic oxidation sites excluding steroid dienone is 3. The maximum Gasteiger partial charge on any atom is 0.178 e. The molecular formula is C28H28N8OS. The number of nitrogens with one attached hydrogen (secondary N) is 2. The molecule has 0 bridgehead atoms. The molecule has 1 aliphatic rings. The minimum absolute atomic E-state index is 0.614. The van der Waals surface area contributed by atoms with Gasteiger partial charge >= 0.3 is 0 Å². The number of rotatable bonds is 8. The summed E-state index contributed by atoms with van der Waals surface area (Å²) in [5.74, 6) is 1.36. The van der Waals surface area contributed by atoms with Crippen LogP contribution in [0.5, 0.6) is 5.75 Å². The highest BCUT2D eigenvalue weighted by atomic mass is 32.1. The van der Waals surface area contributed by atoms with E-state index in [1.54, 1.807) is 30.2 Å². The topological polar surface area (TPSA) is 108 Å². The molecule has 2 N–H and O–H groups in total. The molecule has 0 atom stereocenters. The third-order valence-corrected chi connectivity index (χ3v) is 7.02. The maximum absolute atomic E-state index is 6.00. The SMILES string of the molecule is C/C=C\C(=C/S)c1ccnc2nc(-c3n[nH]c4cnc(-c5cncc(OCCN6CCCC6)c5)cc34)[nH]c12. The van der Waals surface area contributed by atoms with Gasteiger partial charge in [0.2, 0.25) is 0 Å². The maximum atomic E-state index is 6.00. The first kappa shape index (κ1) is 24.3. The van der Waals surface area contributed by atoms with Crippen molar-refractivity contribution in [3.63, 3.8) is 0 Å². The van der Waals surface area contributed by atoms with Crippen molar-refractivity contribution in [2.45, 2.75) is 19.8 Å². The number of ether oxygens (including phenoxy) is 1. The van der Waals surface area contributed by atoms with Crippen LogP contribution in [0.15, 0.2) is 60.5 Å². The number of aromatic nitrogens is 7. The highest BCUT2D eigenvalue weighted by Gasteiger charge is 2.17. The number of fused-ring (bicyclic) bond motifs is 2. The van der Waals surface area contributed by atoms with Crippen LogP contribution < -0.4 is 4.74 Å². The molecule has 6 rings (SSSR count). The van der Waals surface area contributed by atoms with Gasteiger partial charge < -0.3 is 9.72 Å². The molecule has 1 saturated heterocycles. The third kappa shape index (κ3) is 4.80. The molecular weight excluding hydrogens is 496 g/mol. The number of nitrogens with zero attached hydrogens (tertiary/aromatic N) is 6. The van der Waals surface area contributed by atoms with Crippen molar-refractivity contribution in [3.05, 3.63) is 66.1 Å². The average Bonchev–Trinajstić information content (AvgIpc) is 3.71. The molecule has 0 radical (unpaired) electrons. The Balaban J connectivity index is 1.31. The molecule has 0 amide bonds. The van der Waals surface area contributed by atoms with E-state index in [4.69, 9.17) is 9.72 Å². The van der Waals surface area contributed by atoms with Crippen LogP contribution in [0.2, 0.25) is 0 Å². The first-order valence-corrected chi connectivity index (χ1v) is 13.2. The summed E-state index contributed by atoms with van der Waals surface area (Å²) in [6, 6.07) is 5.93. The zero-order chi connectivity index (χ0) is 25.9. The number of hydrogen-bond donors (Lipinski definition) is 3. The van der Waals surface area contributed by atoms with Crippen molar-refractivity contribution in [1.29, 1.82) is 0 Å². The summed E-state index contributed by atoms with van der Waals surface area (Å²) in [7, 11) is 0. The van der Waals surface area contributed by atoms with Crippen LogP contribution in [0.25, 0.3) is 50.4 Å². The zero-order valence-corrected chi connectivity index (χ0v) is 21.9. The van der Waals surface area contributed by atoms with Crippen LogP contribution in [-0.4, -0.2) is 66.3 Å². The summed E-state index contributed by atoms with van der Waals surface area (Å²) in [5.41, 5.74) is 6.54. The van der Waals surface area contributed by atoms with E-state index in [9.17, 15) is 0 Å². The predicted molar refractivity (Wildman–Crippen MR) is 153 cm³/mol. The van der Waals surface area contributed by atoms with Gasteiger partial charge in [-0.25, -0.2) is 9.97 Å². The summed E-state index contributed by atoms with van der Waals surface area (Å²) < 4.78 is 6.00. The van der Waals surface area contributed by atoms with Gasteiger partial charge in [-0.05, 0) is 62.0 Å². The molecule has 0 aliphatic carbocycles. The third-order valence-electron chi connectivity index (χ3n) is 6.74. The average molecular weight is 525 g/mol. The molecule has 0 unspecified atom stereocenters. The fraction of sp³-hybridized carbons (Fsp3) is 0.250. The quantitative estimate of drug-likeness (QED) is 0.187. The van der Waals surface area contributed by atoms with Gasteiger partial charge in [0.1, 0.15) is 18.1 Å². The summed E-state index contributed by atoms with van der Waals surface area (Å²) in [6.07, 6.45) is 13.6. The number of imidazole rings is 1. The Kier molecular flexibility index (Phi) is 6.89. The number of H-pyrrole nitrogens is 2. The van der Waals surface area contributed by atoms with Crippen molar-refractivity contribution in [3.8, 4) is 28.5 Å². The number of aromatic amines is 2. The van der Waals surface area contributed by atoms with E-state index in [1.807, 2.05) is 37.3 Å². The Bertz CT molecular complexity index is 1650. The van der Waals surface area contributed by atoms with Crippen molar-refractivity contribution in [1.82, 2.24) is 40.0 Å². The monoisotopic (exact) mass is 524 g/mol. The van der Waals surface area contributed by atoms with E-state index < -0.39 is 0 Å². The second kappa shape index (κ2) is 10.8. The number of pyridine rings is 3. The summed E-state index contributed by atoms with van der Waals surface area (Å²) in [5, 5.41) is 10.3. The molecule has 9 nitrogen and oxygen atoms in total. The van der Waals surface area contributed by atoms with Crippen molar-refractivity contribution in [2.75, 3.05) is 26.2 Å². The standard InChI is InChI=1S/C28H28N8OS/c1-2-5-18(17-38)21-6-7-30-27-25(21)32-28(33-27)26-22-13-23(31-16-24(22)34-35-26)19-12-20(15-29-14-19)37-11-10-36-8-3-4-9-36/h2,5-7,12-17,38H,3-4,8-11H2,1H3,(H,34,35)(H,30,32,33)/b5-2-,18-17+. The van der Waals surface area contributed by atoms with Gasteiger partial charge in [0.25, 0.3) is 0 Å². The van der Waals surface area contributed by atoms with Gasteiger partial charge in [0.15, 0.2) is 11.5 Å². The molecule has 6 heterocycles. The first-order chi connectivity index (χ1) is 18.7. The Labute approximate surface area is 225 Å². The summed E-state index contributed by atoms with van der Waals surface area (Å²) >= 11 is 4.39. The summed E-state index contributed by atoms with van der Waals surface area (Å²) in [4.78, 5) is 24.1. The number of thiol groups is 1. The second-order valence-corrected chi connectivity index (χ2v) is 9.48.